The van der Waals surface area contributed by atoms with Crippen LogP contribution in [0.1, 0.15) is 64.2 Å². The minimum atomic E-state index is -4.07. The van der Waals surface area contributed by atoms with Crippen LogP contribution in [0.4, 0.5) is 0 Å². The molecule has 0 aromatic carbocycles. The monoisotopic (exact) mass is 422 g/mol. The third-order valence-corrected chi connectivity index (χ3v) is 5.10. The molecule has 0 amide bonds. The topological polar surface area (TPSA) is 82.1 Å². The van der Waals surface area contributed by atoms with Gasteiger partial charge in [0.2, 0.25) is 0 Å². The maximum Gasteiger partial charge on any atom is 0.469 e. The van der Waals surface area contributed by atoms with Crippen LogP contribution >= 0.6 is 7.82 Å². The molecule has 0 fully saturated rings. The van der Waals surface area contributed by atoms with Gasteiger partial charge in [-0.2, -0.15) is 6.42 Å². The molecule has 0 radical (unpaired) electrons. The van der Waals surface area contributed by atoms with E-state index < -0.39 is 7.82 Å². The molecule has 0 heterocycles. The fourth-order valence-corrected chi connectivity index (χ4v) is 3.07. The molecule has 0 saturated heterocycles. The minimum absolute atomic E-state index is 0.0595. The van der Waals surface area contributed by atoms with Gasteiger partial charge in [-0.05, 0) is 13.0 Å². The summed E-state index contributed by atoms with van der Waals surface area (Å²) in [5.74, 6) is -0.252. The number of likely N-dealkylation sites (N-methyl/N-ethyl adjacent to an activating group) is 1. The predicted molar refractivity (Wildman–Crippen MR) is 111 cm³/mol. The van der Waals surface area contributed by atoms with Gasteiger partial charge in [-0.3, -0.25) is 15.7 Å². The van der Waals surface area contributed by atoms with Crippen LogP contribution in [0.2, 0.25) is 0 Å². The summed E-state index contributed by atoms with van der Waals surface area (Å²) in [5.41, 5.74) is 0. The first kappa shape index (κ1) is 27.5. The number of phosphoric ester groups is 1. The van der Waals surface area contributed by atoms with Crippen LogP contribution in [-0.2, 0) is 23.1 Å². The summed E-state index contributed by atoms with van der Waals surface area (Å²) in [4.78, 5) is 21.2. The molecule has 0 aromatic heterocycles. The Hall–Kier alpha value is -0.460. The second-order valence-electron chi connectivity index (χ2n) is 8.02. The molecule has 1 atom stereocenters. The van der Waals surface area contributed by atoms with Crippen molar-refractivity contribution in [2.75, 3.05) is 47.5 Å². The van der Waals surface area contributed by atoms with Gasteiger partial charge >= 0.3 is 13.8 Å². The summed E-state index contributed by atoms with van der Waals surface area (Å²) < 4.78 is 27.1. The van der Waals surface area contributed by atoms with Crippen molar-refractivity contribution in [3.8, 4) is 0 Å². The van der Waals surface area contributed by atoms with E-state index in [1.54, 1.807) is 0 Å². The molecule has 0 aromatic rings. The largest absolute Gasteiger partial charge is 0.499 e. The van der Waals surface area contributed by atoms with Crippen molar-refractivity contribution in [2.45, 2.75) is 64.2 Å². The summed E-state index contributed by atoms with van der Waals surface area (Å²) in [5, 5.41) is 0. The predicted octanol–water partition coefficient (Wildman–Crippen LogP) is 4.31. The van der Waals surface area contributed by atoms with Crippen LogP contribution in [0.15, 0.2) is 0 Å². The van der Waals surface area contributed by atoms with Gasteiger partial charge in [-0.25, -0.2) is 4.57 Å². The molecule has 0 aliphatic rings. The van der Waals surface area contributed by atoms with E-state index in [9.17, 15) is 14.3 Å². The van der Waals surface area contributed by atoms with Crippen LogP contribution < -0.4 is 0 Å². The zero-order valence-corrected chi connectivity index (χ0v) is 19.0. The fraction of sp³-hybridized carbons (Fsp3) is 0.850. The highest BCUT2D eigenvalue weighted by Crippen LogP contribution is 2.42. The molecular formula is C20H41NO6P-. The molecule has 0 saturated carbocycles. The van der Waals surface area contributed by atoms with Crippen molar-refractivity contribution in [3.05, 3.63) is 13.3 Å². The standard InChI is InChI=1S/C20H41NO6P/c1-5-6-7-8-9-10-11-12-13-15-20(22)25-17-14-18-26-28(23,24)27-19-16-21(2,3)4/h14H,1,5-13,15-19H2,2-4H3,(H,23,24)/q-1. The van der Waals surface area contributed by atoms with Crippen molar-refractivity contribution < 1.29 is 32.5 Å². The summed E-state index contributed by atoms with van der Waals surface area (Å²) in [6.45, 7) is 4.50. The van der Waals surface area contributed by atoms with Gasteiger partial charge in [-0.1, -0.05) is 51.6 Å². The van der Waals surface area contributed by atoms with Gasteiger partial charge in [0.1, 0.15) is 13.2 Å². The quantitative estimate of drug-likeness (QED) is 0.110. The van der Waals surface area contributed by atoms with E-state index in [4.69, 9.17) is 13.8 Å². The highest BCUT2D eigenvalue weighted by molar-refractivity contribution is 7.47. The number of carbonyl (C=O) groups excluding carboxylic acids is 1. The van der Waals surface area contributed by atoms with Gasteiger partial charge in [0.15, 0.2) is 0 Å². The first-order chi connectivity index (χ1) is 13.2. The summed E-state index contributed by atoms with van der Waals surface area (Å²) in [6, 6.07) is 0. The summed E-state index contributed by atoms with van der Waals surface area (Å²) >= 11 is 0. The van der Waals surface area contributed by atoms with Gasteiger partial charge in [-0.15, -0.1) is 0 Å². The zero-order valence-electron chi connectivity index (χ0n) is 18.1. The average molecular weight is 423 g/mol. The Kier molecular flexibility index (Phi) is 16.1. The van der Waals surface area contributed by atoms with Gasteiger partial charge in [0.25, 0.3) is 0 Å². The van der Waals surface area contributed by atoms with Crippen molar-refractivity contribution in [1.29, 1.82) is 0 Å². The van der Waals surface area contributed by atoms with E-state index in [1.165, 1.54) is 38.5 Å². The molecular weight excluding hydrogens is 381 g/mol. The molecule has 8 heteroatoms. The molecule has 0 bridgehead atoms. The van der Waals surface area contributed by atoms with Gasteiger partial charge in [0.05, 0.1) is 21.1 Å². The fourth-order valence-electron chi connectivity index (χ4n) is 2.39. The number of unbranched alkanes of at least 4 members (excludes halogenated alkanes) is 8. The van der Waals surface area contributed by atoms with Crippen LogP contribution in [0.5, 0.6) is 0 Å². The van der Waals surface area contributed by atoms with Gasteiger partial charge in [0, 0.05) is 6.42 Å². The molecule has 168 valence electrons. The first-order valence-electron chi connectivity index (χ1n) is 10.3. The lowest BCUT2D eigenvalue weighted by molar-refractivity contribution is -0.870. The normalized spacial score (nSPS) is 14.0. The number of hydrogen-bond donors (Lipinski definition) is 1. The molecule has 1 N–H and O–H groups in total. The molecule has 0 rings (SSSR count). The molecule has 28 heavy (non-hydrogen) atoms. The highest BCUT2D eigenvalue weighted by Gasteiger charge is 2.20. The van der Waals surface area contributed by atoms with Crippen LogP contribution in [0, 0.1) is 13.3 Å². The molecule has 0 spiro atoms. The third-order valence-electron chi connectivity index (χ3n) is 4.12. The lowest BCUT2D eigenvalue weighted by atomic mass is 10.1. The van der Waals surface area contributed by atoms with E-state index >= 15 is 0 Å². The smallest absolute Gasteiger partial charge is 0.469 e. The number of phosphoric acid groups is 1. The molecule has 0 aliphatic carbocycles. The van der Waals surface area contributed by atoms with E-state index in [0.717, 1.165) is 25.7 Å². The molecule has 7 nitrogen and oxygen atoms in total. The van der Waals surface area contributed by atoms with E-state index in [-0.39, 0.29) is 25.8 Å². The number of ether oxygens (including phenoxy) is 1. The second-order valence-corrected chi connectivity index (χ2v) is 9.47. The molecule has 1 unspecified atom stereocenters. The number of quaternary nitrogens is 1. The Morgan fingerprint density at radius 3 is 2.11 bits per heavy atom. The van der Waals surface area contributed by atoms with E-state index in [0.29, 0.717) is 17.4 Å². The summed E-state index contributed by atoms with van der Waals surface area (Å²) in [7, 11) is 1.81. The average Bonchev–Trinajstić information content (AvgIpc) is 2.58. The van der Waals surface area contributed by atoms with Crippen molar-refractivity contribution in [3.63, 3.8) is 0 Å². The maximum absolute atomic E-state index is 11.7. The Balaban J connectivity index is 3.50. The zero-order chi connectivity index (χ0) is 21.3. The maximum atomic E-state index is 11.7. The Labute approximate surface area is 171 Å². The Bertz CT molecular complexity index is 439. The highest BCUT2D eigenvalue weighted by atomic mass is 31.2. The minimum Gasteiger partial charge on any atom is -0.499 e. The number of rotatable bonds is 19. The number of esters is 1. The Morgan fingerprint density at radius 1 is 0.964 bits per heavy atom. The third kappa shape index (κ3) is 20.3. The lowest BCUT2D eigenvalue weighted by Gasteiger charge is -2.24. The van der Waals surface area contributed by atoms with E-state index in [2.05, 4.69) is 6.92 Å². The van der Waals surface area contributed by atoms with E-state index in [1.807, 2.05) is 21.1 Å². The lowest BCUT2D eigenvalue weighted by Crippen LogP contribution is -2.37. The molecule has 0 aliphatic heterocycles. The second kappa shape index (κ2) is 16.3. The number of carbonyl (C=O) groups is 1. The Morgan fingerprint density at radius 2 is 1.54 bits per heavy atom. The van der Waals surface area contributed by atoms with Crippen molar-refractivity contribution >= 4 is 13.8 Å². The van der Waals surface area contributed by atoms with Crippen molar-refractivity contribution in [1.82, 2.24) is 0 Å². The first-order valence-corrected chi connectivity index (χ1v) is 11.8. The van der Waals surface area contributed by atoms with Crippen LogP contribution in [0.3, 0.4) is 0 Å². The summed E-state index contributed by atoms with van der Waals surface area (Å²) in [6.07, 6.45) is 12.2. The van der Waals surface area contributed by atoms with Gasteiger partial charge < -0.3 is 25.6 Å². The SMILES string of the molecule is [CH2-]CCCCCCCCCCC(=O)OC[CH-]COP(=O)(O)OCC[N+](C)(C)C. The van der Waals surface area contributed by atoms with Crippen LogP contribution in [0.25, 0.3) is 0 Å². The van der Waals surface area contributed by atoms with Crippen molar-refractivity contribution in [2.24, 2.45) is 0 Å². The van der Waals surface area contributed by atoms with Crippen LogP contribution in [-0.4, -0.2) is 62.9 Å². The number of hydrogen-bond acceptors (Lipinski definition) is 5. The number of nitrogens with zero attached hydrogens (tertiary/aromatic N) is 1.